The molecule has 0 radical (unpaired) electrons. The van der Waals surface area contributed by atoms with Crippen LogP contribution in [0, 0.1) is 12.8 Å². The molecule has 24 heavy (non-hydrogen) atoms. The summed E-state index contributed by atoms with van der Waals surface area (Å²) in [5, 5.41) is 12.6. The molecule has 0 bridgehead atoms. The van der Waals surface area contributed by atoms with E-state index in [1.807, 2.05) is 7.05 Å². The lowest BCUT2D eigenvalue weighted by Crippen LogP contribution is -2.46. The largest absolute Gasteiger partial charge is 0.463 e. The van der Waals surface area contributed by atoms with Gasteiger partial charge in [0.25, 0.3) is 0 Å². The number of nitrogens with one attached hydrogen (secondary N) is 1. The van der Waals surface area contributed by atoms with Gasteiger partial charge in [0.15, 0.2) is 0 Å². The Morgan fingerprint density at radius 1 is 1.38 bits per heavy atom. The average molecular weight is 348 g/mol. The van der Waals surface area contributed by atoms with Crippen molar-refractivity contribution < 1.29 is 27.5 Å². The fourth-order valence-corrected chi connectivity index (χ4v) is 2.80. The van der Waals surface area contributed by atoms with Crippen molar-refractivity contribution in [2.75, 3.05) is 26.7 Å². The minimum atomic E-state index is -5.01. The van der Waals surface area contributed by atoms with Crippen LogP contribution >= 0.6 is 0 Å². The smallest absolute Gasteiger partial charge is 0.425 e. The van der Waals surface area contributed by atoms with Crippen LogP contribution in [0.1, 0.15) is 30.8 Å². The van der Waals surface area contributed by atoms with E-state index in [2.05, 4.69) is 10.2 Å². The van der Waals surface area contributed by atoms with Crippen molar-refractivity contribution in [1.29, 1.82) is 0 Å². The molecule has 1 atom stereocenters. The van der Waals surface area contributed by atoms with Crippen molar-refractivity contribution in [1.82, 2.24) is 10.2 Å². The third kappa shape index (κ3) is 4.30. The molecular weight excluding hydrogens is 325 g/mol. The molecule has 1 saturated heterocycles. The third-order valence-corrected chi connectivity index (χ3v) is 4.46. The summed E-state index contributed by atoms with van der Waals surface area (Å²) in [7, 11) is 2.00. The standard InChI is InChI=1S/C16H23F3N2O3/c1-11-3-4-13(24-11)15(23,16(17,18)19)9-14(22)20-10-12-5-7-21(2)8-6-12/h3-4,12,23H,5-10H2,1-2H3,(H,20,22). The number of likely N-dealkylation sites (tertiary alicyclic amines) is 1. The van der Waals surface area contributed by atoms with Crippen molar-refractivity contribution in [3.63, 3.8) is 0 Å². The lowest BCUT2D eigenvalue weighted by Gasteiger charge is -2.30. The maximum absolute atomic E-state index is 13.3. The molecule has 0 aliphatic carbocycles. The number of aliphatic hydroxyl groups is 1. The average Bonchev–Trinajstić information content (AvgIpc) is 2.92. The summed E-state index contributed by atoms with van der Waals surface area (Å²) in [6.07, 6.45) is -4.35. The molecule has 2 N–H and O–H groups in total. The Labute approximate surface area is 138 Å². The van der Waals surface area contributed by atoms with E-state index in [1.54, 1.807) is 0 Å². The van der Waals surface area contributed by atoms with Gasteiger partial charge in [-0.25, -0.2) is 0 Å². The van der Waals surface area contributed by atoms with E-state index in [4.69, 9.17) is 4.42 Å². The van der Waals surface area contributed by atoms with E-state index in [9.17, 15) is 23.1 Å². The van der Waals surface area contributed by atoms with E-state index >= 15 is 0 Å². The number of aryl methyl sites for hydroxylation is 1. The number of hydrogen-bond donors (Lipinski definition) is 2. The van der Waals surface area contributed by atoms with Crippen molar-refractivity contribution in [3.05, 3.63) is 23.7 Å². The normalized spacial score (nSPS) is 19.9. The van der Waals surface area contributed by atoms with E-state index < -0.39 is 29.9 Å². The Bertz CT molecular complexity index is 565. The fraction of sp³-hybridized carbons (Fsp3) is 0.688. The van der Waals surface area contributed by atoms with Crippen LogP contribution in [0.25, 0.3) is 0 Å². The summed E-state index contributed by atoms with van der Waals surface area (Å²) in [5.74, 6) is -1.03. The second-order valence-corrected chi connectivity index (χ2v) is 6.50. The highest BCUT2D eigenvalue weighted by Crippen LogP contribution is 2.42. The van der Waals surface area contributed by atoms with E-state index in [0.29, 0.717) is 6.54 Å². The monoisotopic (exact) mass is 348 g/mol. The molecule has 136 valence electrons. The first-order chi connectivity index (χ1) is 11.1. The molecule has 1 aliphatic rings. The van der Waals surface area contributed by atoms with Gasteiger partial charge in [0.05, 0.1) is 6.42 Å². The summed E-state index contributed by atoms with van der Waals surface area (Å²) in [6.45, 7) is 3.59. The van der Waals surface area contributed by atoms with Crippen LogP contribution in [-0.4, -0.2) is 48.8 Å². The van der Waals surface area contributed by atoms with E-state index in [1.165, 1.54) is 13.0 Å². The Morgan fingerprint density at radius 3 is 2.50 bits per heavy atom. The maximum Gasteiger partial charge on any atom is 0.425 e. The maximum atomic E-state index is 13.3. The number of alkyl halides is 3. The summed E-state index contributed by atoms with van der Waals surface area (Å²) < 4.78 is 44.8. The molecule has 0 aromatic carbocycles. The van der Waals surface area contributed by atoms with Crippen LogP contribution < -0.4 is 5.32 Å². The van der Waals surface area contributed by atoms with Gasteiger partial charge in [0, 0.05) is 6.54 Å². The van der Waals surface area contributed by atoms with Crippen LogP contribution in [0.15, 0.2) is 16.5 Å². The Morgan fingerprint density at radius 2 is 2.00 bits per heavy atom. The lowest BCUT2D eigenvalue weighted by molar-refractivity contribution is -0.273. The highest BCUT2D eigenvalue weighted by molar-refractivity contribution is 5.77. The van der Waals surface area contributed by atoms with Crippen LogP contribution in [0.5, 0.6) is 0 Å². The summed E-state index contributed by atoms with van der Waals surface area (Å²) in [4.78, 5) is 14.1. The molecule has 1 fully saturated rings. The first-order valence-electron chi connectivity index (χ1n) is 7.93. The molecular formula is C16H23F3N2O3. The quantitative estimate of drug-likeness (QED) is 0.856. The minimum absolute atomic E-state index is 0.236. The third-order valence-electron chi connectivity index (χ3n) is 4.46. The number of carbonyl (C=O) groups is 1. The zero-order valence-corrected chi connectivity index (χ0v) is 13.8. The Hall–Kier alpha value is -1.54. The van der Waals surface area contributed by atoms with Gasteiger partial charge >= 0.3 is 6.18 Å². The molecule has 1 amide bonds. The van der Waals surface area contributed by atoms with Gasteiger partial charge in [-0.3, -0.25) is 4.79 Å². The number of nitrogens with zero attached hydrogens (tertiary/aromatic N) is 1. The topological polar surface area (TPSA) is 65.7 Å². The number of piperidine rings is 1. The van der Waals surface area contributed by atoms with Gasteiger partial charge in [0.1, 0.15) is 11.5 Å². The number of halogens is 3. The summed E-state index contributed by atoms with van der Waals surface area (Å²) in [6, 6.07) is 2.37. The molecule has 2 rings (SSSR count). The Balaban J connectivity index is 1.98. The summed E-state index contributed by atoms with van der Waals surface area (Å²) >= 11 is 0. The van der Waals surface area contributed by atoms with Gasteiger partial charge in [0.2, 0.25) is 11.5 Å². The molecule has 8 heteroatoms. The molecule has 1 aromatic rings. The predicted molar refractivity (Wildman–Crippen MR) is 81.2 cm³/mol. The highest BCUT2D eigenvalue weighted by atomic mass is 19.4. The molecule has 0 spiro atoms. The van der Waals surface area contributed by atoms with Crippen LogP contribution in [-0.2, 0) is 10.4 Å². The summed E-state index contributed by atoms with van der Waals surface area (Å²) in [5.41, 5.74) is -3.32. The second-order valence-electron chi connectivity index (χ2n) is 6.50. The molecule has 1 aromatic heterocycles. The SMILES string of the molecule is Cc1ccc(C(O)(CC(=O)NCC2CCN(C)CC2)C(F)(F)F)o1. The van der Waals surface area contributed by atoms with Gasteiger partial charge in [-0.1, -0.05) is 0 Å². The van der Waals surface area contributed by atoms with Crippen molar-refractivity contribution >= 4 is 5.91 Å². The molecule has 1 aliphatic heterocycles. The first kappa shape index (κ1) is 18.8. The van der Waals surface area contributed by atoms with Crippen LogP contribution in [0.4, 0.5) is 13.2 Å². The van der Waals surface area contributed by atoms with Gasteiger partial charge < -0.3 is 19.7 Å². The van der Waals surface area contributed by atoms with Crippen molar-refractivity contribution in [3.8, 4) is 0 Å². The fourth-order valence-electron chi connectivity index (χ4n) is 2.80. The second kappa shape index (κ2) is 7.14. The van der Waals surface area contributed by atoms with Gasteiger partial charge in [-0.15, -0.1) is 0 Å². The van der Waals surface area contributed by atoms with Crippen molar-refractivity contribution in [2.45, 2.75) is 38.0 Å². The Kier molecular flexibility index (Phi) is 5.59. The molecule has 5 nitrogen and oxygen atoms in total. The molecule has 2 heterocycles. The predicted octanol–water partition coefficient (Wildman–Crippen LogP) is 2.19. The van der Waals surface area contributed by atoms with Crippen LogP contribution in [0.2, 0.25) is 0 Å². The van der Waals surface area contributed by atoms with E-state index in [-0.39, 0.29) is 11.7 Å². The lowest BCUT2D eigenvalue weighted by atomic mass is 9.94. The number of carbonyl (C=O) groups excluding carboxylic acids is 1. The van der Waals surface area contributed by atoms with Crippen LogP contribution in [0.3, 0.4) is 0 Å². The zero-order chi connectivity index (χ0) is 18.0. The zero-order valence-electron chi connectivity index (χ0n) is 13.8. The molecule has 1 unspecified atom stereocenters. The van der Waals surface area contributed by atoms with Crippen molar-refractivity contribution in [2.24, 2.45) is 5.92 Å². The molecule has 0 saturated carbocycles. The van der Waals surface area contributed by atoms with Gasteiger partial charge in [-0.05, 0) is 58.0 Å². The first-order valence-corrected chi connectivity index (χ1v) is 7.93. The number of hydrogen-bond acceptors (Lipinski definition) is 4. The van der Waals surface area contributed by atoms with Gasteiger partial charge in [-0.2, -0.15) is 13.2 Å². The number of rotatable bonds is 5. The number of amides is 1. The minimum Gasteiger partial charge on any atom is -0.463 e. The number of furan rings is 1. The van der Waals surface area contributed by atoms with E-state index in [0.717, 1.165) is 32.0 Å². The highest BCUT2D eigenvalue weighted by Gasteiger charge is 2.58.